The molecule has 1 aromatic carbocycles. The van der Waals surface area contributed by atoms with E-state index >= 15 is 0 Å². The summed E-state index contributed by atoms with van der Waals surface area (Å²) in [6, 6.07) is 7.69. The lowest BCUT2D eigenvalue weighted by Gasteiger charge is -2.11. The molecule has 0 unspecified atom stereocenters. The number of aliphatic imine (C=N–C) groups is 1. The monoisotopic (exact) mass is 320 g/mol. The van der Waals surface area contributed by atoms with Gasteiger partial charge in [-0.05, 0) is 31.5 Å². The van der Waals surface area contributed by atoms with Crippen molar-refractivity contribution in [3.63, 3.8) is 0 Å². The van der Waals surface area contributed by atoms with E-state index < -0.39 is 0 Å². The number of aryl methyl sites for hydroxylation is 1. The number of rotatable bonds is 6. The van der Waals surface area contributed by atoms with E-state index in [1.165, 1.54) is 0 Å². The first-order valence-corrected chi connectivity index (χ1v) is 7.74. The predicted octanol–water partition coefficient (Wildman–Crippen LogP) is 2.21. The zero-order valence-electron chi connectivity index (χ0n) is 12.9. The van der Waals surface area contributed by atoms with Gasteiger partial charge in [-0.3, -0.25) is 0 Å². The minimum atomic E-state index is 0.584. The fourth-order valence-corrected chi connectivity index (χ4v) is 2.07. The fourth-order valence-electron chi connectivity index (χ4n) is 1.94. The molecule has 2 aromatic rings. The van der Waals surface area contributed by atoms with Gasteiger partial charge in [-0.1, -0.05) is 23.7 Å². The summed E-state index contributed by atoms with van der Waals surface area (Å²) in [7, 11) is 0. The van der Waals surface area contributed by atoms with Crippen LogP contribution in [0, 0.1) is 0 Å². The van der Waals surface area contributed by atoms with Crippen molar-refractivity contribution in [1.29, 1.82) is 0 Å². The van der Waals surface area contributed by atoms with Crippen molar-refractivity contribution >= 4 is 17.6 Å². The van der Waals surface area contributed by atoms with Crippen LogP contribution in [0.5, 0.6) is 0 Å². The molecule has 0 radical (unpaired) electrons. The van der Waals surface area contributed by atoms with Crippen molar-refractivity contribution in [1.82, 2.24) is 25.4 Å². The van der Waals surface area contributed by atoms with Crippen LogP contribution >= 0.6 is 11.6 Å². The average Bonchev–Trinajstić information content (AvgIpc) is 2.99. The van der Waals surface area contributed by atoms with Gasteiger partial charge in [0.2, 0.25) is 0 Å². The van der Waals surface area contributed by atoms with Crippen molar-refractivity contribution in [3.05, 3.63) is 47.0 Å². The summed E-state index contributed by atoms with van der Waals surface area (Å²) in [6.07, 6.45) is 1.73. The van der Waals surface area contributed by atoms with E-state index in [-0.39, 0.29) is 0 Å². The fraction of sp³-hybridized carbons (Fsp3) is 0.400. The zero-order chi connectivity index (χ0) is 15.8. The number of hydrogen-bond donors (Lipinski definition) is 2. The molecule has 0 amide bonds. The van der Waals surface area contributed by atoms with Gasteiger partial charge in [0.25, 0.3) is 0 Å². The van der Waals surface area contributed by atoms with Crippen LogP contribution in [-0.2, 0) is 19.6 Å². The Kier molecular flexibility index (Phi) is 6.21. The molecule has 0 atom stereocenters. The summed E-state index contributed by atoms with van der Waals surface area (Å²) in [5.41, 5.74) is 1.11. The van der Waals surface area contributed by atoms with Crippen molar-refractivity contribution < 1.29 is 0 Å². The van der Waals surface area contributed by atoms with Gasteiger partial charge in [-0.25, -0.2) is 4.99 Å². The average molecular weight is 321 g/mol. The zero-order valence-corrected chi connectivity index (χ0v) is 13.6. The number of halogens is 1. The summed E-state index contributed by atoms with van der Waals surface area (Å²) in [5, 5.41) is 15.2. The number of nitrogens with one attached hydrogen (secondary N) is 2. The normalized spacial score (nSPS) is 11.5. The quantitative estimate of drug-likeness (QED) is 0.632. The van der Waals surface area contributed by atoms with E-state index in [1.807, 2.05) is 35.8 Å². The molecule has 2 N–H and O–H groups in total. The highest BCUT2D eigenvalue weighted by atomic mass is 35.5. The highest BCUT2D eigenvalue weighted by molar-refractivity contribution is 6.30. The van der Waals surface area contributed by atoms with Crippen molar-refractivity contribution in [3.8, 4) is 0 Å². The van der Waals surface area contributed by atoms with Gasteiger partial charge < -0.3 is 15.2 Å². The maximum absolute atomic E-state index is 5.88. The van der Waals surface area contributed by atoms with E-state index in [9.17, 15) is 0 Å². The molecule has 22 heavy (non-hydrogen) atoms. The first-order chi connectivity index (χ1) is 10.7. The van der Waals surface area contributed by atoms with Gasteiger partial charge >= 0.3 is 0 Å². The molecule has 1 heterocycles. The Bertz CT molecular complexity index is 605. The Morgan fingerprint density at radius 1 is 1.23 bits per heavy atom. The summed E-state index contributed by atoms with van der Waals surface area (Å²) in [6.45, 7) is 6.92. The van der Waals surface area contributed by atoms with Gasteiger partial charge in [0, 0.05) is 18.1 Å². The molecule has 118 valence electrons. The molecule has 6 nitrogen and oxygen atoms in total. The van der Waals surface area contributed by atoms with Crippen LogP contribution in [-0.4, -0.2) is 27.3 Å². The van der Waals surface area contributed by atoms with Gasteiger partial charge in [0.15, 0.2) is 11.8 Å². The lowest BCUT2D eigenvalue weighted by molar-refractivity contribution is 0.670. The molecule has 0 fully saturated rings. The first-order valence-electron chi connectivity index (χ1n) is 7.36. The predicted molar refractivity (Wildman–Crippen MR) is 88.8 cm³/mol. The maximum Gasteiger partial charge on any atom is 0.191 e. The van der Waals surface area contributed by atoms with Crippen molar-refractivity contribution in [2.75, 3.05) is 6.54 Å². The van der Waals surface area contributed by atoms with E-state index in [1.54, 1.807) is 6.33 Å². The number of guanidine groups is 1. The molecule has 0 saturated heterocycles. The third-order valence-electron chi connectivity index (χ3n) is 3.13. The van der Waals surface area contributed by atoms with Crippen LogP contribution in [0.2, 0.25) is 5.02 Å². The van der Waals surface area contributed by atoms with Crippen LogP contribution in [0.3, 0.4) is 0 Å². The Labute approximate surface area is 135 Å². The van der Waals surface area contributed by atoms with Crippen LogP contribution in [0.15, 0.2) is 35.6 Å². The molecule has 2 rings (SSSR count). The molecule has 0 aliphatic rings. The number of benzene rings is 1. The number of hydrogen-bond acceptors (Lipinski definition) is 3. The number of nitrogens with zero attached hydrogens (tertiary/aromatic N) is 4. The highest BCUT2D eigenvalue weighted by Crippen LogP contribution is 2.10. The smallest absolute Gasteiger partial charge is 0.191 e. The maximum atomic E-state index is 5.88. The van der Waals surface area contributed by atoms with Gasteiger partial charge in [0.1, 0.15) is 6.33 Å². The minimum absolute atomic E-state index is 0.584. The number of aromatic nitrogens is 3. The summed E-state index contributed by atoms with van der Waals surface area (Å²) in [4.78, 5) is 4.56. The van der Waals surface area contributed by atoms with Gasteiger partial charge in [-0.15, -0.1) is 10.2 Å². The van der Waals surface area contributed by atoms with E-state index in [2.05, 4.69) is 32.7 Å². The third kappa shape index (κ3) is 4.73. The second kappa shape index (κ2) is 8.38. The van der Waals surface area contributed by atoms with E-state index in [4.69, 9.17) is 11.6 Å². The van der Waals surface area contributed by atoms with Crippen LogP contribution < -0.4 is 10.6 Å². The molecule has 0 aliphatic carbocycles. The summed E-state index contributed by atoms with van der Waals surface area (Å²) in [5.74, 6) is 1.64. The molecule has 0 saturated carbocycles. The largest absolute Gasteiger partial charge is 0.357 e. The Morgan fingerprint density at radius 3 is 2.68 bits per heavy atom. The van der Waals surface area contributed by atoms with E-state index in [0.29, 0.717) is 13.1 Å². The molecule has 0 aliphatic heterocycles. The minimum Gasteiger partial charge on any atom is -0.357 e. The second-order valence-corrected chi connectivity index (χ2v) is 5.14. The molecular formula is C15H21ClN6. The lowest BCUT2D eigenvalue weighted by atomic mass is 10.2. The van der Waals surface area contributed by atoms with Crippen LogP contribution in [0.25, 0.3) is 0 Å². The molecular weight excluding hydrogens is 300 g/mol. The van der Waals surface area contributed by atoms with Gasteiger partial charge in [0.05, 0.1) is 13.1 Å². The Balaban J connectivity index is 1.96. The second-order valence-electron chi connectivity index (χ2n) is 4.71. The van der Waals surface area contributed by atoms with Gasteiger partial charge in [-0.2, -0.15) is 0 Å². The van der Waals surface area contributed by atoms with Crippen LogP contribution in [0.4, 0.5) is 0 Å². The van der Waals surface area contributed by atoms with E-state index in [0.717, 1.165) is 35.5 Å². The molecule has 0 bridgehead atoms. The van der Waals surface area contributed by atoms with Crippen molar-refractivity contribution in [2.24, 2.45) is 4.99 Å². The highest BCUT2D eigenvalue weighted by Gasteiger charge is 2.04. The summed E-state index contributed by atoms with van der Waals surface area (Å²) < 4.78 is 2.00. The summed E-state index contributed by atoms with van der Waals surface area (Å²) >= 11 is 5.88. The third-order valence-corrected chi connectivity index (χ3v) is 3.38. The Hall–Kier alpha value is -2.08. The molecule has 1 aromatic heterocycles. The SMILES string of the molecule is CCNC(=NCc1ccc(Cl)cc1)NCc1nncn1CC. The molecule has 0 spiro atoms. The first kappa shape index (κ1) is 16.3. The Morgan fingerprint density at radius 2 is 2.00 bits per heavy atom. The standard InChI is InChI=1S/C15H21ClN6/c1-3-17-15(18-9-12-5-7-13(16)8-6-12)19-10-14-21-20-11-22(14)4-2/h5-8,11H,3-4,9-10H2,1-2H3,(H2,17,18,19). The lowest BCUT2D eigenvalue weighted by Crippen LogP contribution is -2.37. The molecule has 7 heteroatoms. The topological polar surface area (TPSA) is 67.1 Å². The van der Waals surface area contributed by atoms with Crippen LogP contribution in [0.1, 0.15) is 25.2 Å². The van der Waals surface area contributed by atoms with Crippen molar-refractivity contribution in [2.45, 2.75) is 33.5 Å².